The molecule has 5 nitrogen and oxygen atoms in total. The van der Waals surface area contributed by atoms with Crippen LogP contribution in [0.3, 0.4) is 0 Å². The maximum Gasteiger partial charge on any atom is 0.229 e. The molecule has 164 valence electrons. The van der Waals surface area contributed by atoms with Crippen LogP contribution in [0.1, 0.15) is 24.0 Å². The molecule has 32 heavy (non-hydrogen) atoms. The molecular weight excluding hydrogens is 438 g/mol. The van der Waals surface area contributed by atoms with Gasteiger partial charge < -0.3 is 4.74 Å². The lowest BCUT2D eigenvalue weighted by Crippen LogP contribution is -2.30. The van der Waals surface area contributed by atoms with E-state index in [4.69, 9.17) is 9.72 Å². The molecule has 4 aromatic rings. The summed E-state index contributed by atoms with van der Waals surface area (Å²) in [5, 5.41) is 0.699. The lowest BCUT2D eigenvalue weighted by Gasteiger charge is -2.20. The molecular formula is C25H25N3O2S2. The molecule has 0 saturated heterocycles. The Labute approximate surface area is 196 Å². The Bertz CT molecular complexity index is 1180. The van der Waals surface area contributed by atoms with E-state index in [1.165, 1.54) is 16.2 Å². The largest absolute Gasteiger partial charge is 0.494 e. The summed E-state index contributed by atoms with van der Waals surface area (Å²) in [6.45, 7) is 2.52. The molecule has 0 radical (unpaired) electrons. The van der Waals surface area contributed by atoms with Crippen molar-refractivity contribution in [3.8, 4) is 5.75 Å². The van der Waals surface area contributed by atoms with Crippen LogP contribution in [0.2, 0.25) is 0 Å². The molecule has 0 atom stereocenters. The molecule has 7 heteroatoms. The molecule has 0 unspecified atom stereocenters. The van der Waals surface area contributed by atoms with Crippen LogP contribution in [-0.2, 0) is 11.3 Å². The van der Waals surface area contributed by atoms with Gasteiger partial charge in [0.1, 0.15) is 11.3 Å². The molecule has 0 aliphatic heterocycles. The highest BCUT2D eigenvalue weighted by Gasteiger charge is 2.22. The van der Waals surface area contributed by atoms with Gasteiger partial charge in [0.25, 0.3) is 0 Å². The first-order chi connectivity index (χ1) is 15.7. The molecule has 0 fully saturated rings. The van der Waals surface area contributed by atoms with E-state index >= 15 is 0 Å². The average Bonchev–Trinajstić information content (AvgIpc) is 3.28. The lowest BCUT2D eigenvalue weighted by atomic mass is 10.2. The molecule has 0 N–H and O–H groups in total. The number of thioether (sulfide) groups is 1. The predicted molar refractivity (Wildman–Crippen MR) is 133 cm³/mol. The van der Waals surface area contributed by atoms with Gasteiger partial charge in [0.2, 0.25) is 5.91 Å². The summed E-state index contributed by atoms with van der Waals surface area (Å²) in [5.41, 5.74) is 2.95. The third kappa shape index (κ3) is 5.29. The summed E-state index contributed by atoms with van der Waals surface area (Å²) < 4.78 is 6.55. The fraction of sp³-hybridized carbons (Fsp3) is 0.240. The third-order valence-corrected chi connectivity index (χ3v) is 7.39. The van der Waals surface area contributed by atoms with Crippen molar-refractivity contribution < 1.29 is 9.53 Å². The molecule has 0 saturated carbocycles. The Morgan fingerprint density at radius 3 is 2.62 bits per heavy atom. The SMILES string of the molecule is COc1ccc(C)c2sc(N(Cc3ccncc3)C(=O)CCCSc3ccccc3)nc12. The Hall–Kier alpha value is -2.90. The van der Waals surface area contributed by atoms with Gasteiger partial charge >= 0.3 is 0 Å². The second kappa shape index (κ2) is 10.6. The van der Waals surface area contributed by atoms with Crippen molar-refractivity contribution in [2.45, 2.75) is 31.2 Å². The number of rotatable bonds is 9. The van der Waals surface area contributed by atoms with E-state index in [2.05, 4.69) is 24.0 Å². The van der Waals surface area contributed by atoms with E-state index in [-0.39, 0.29) is 5.91 Å². The topological polar surface area (TPSA) is 55.3 Å². The first kappa shape index (κ1) is 22.3. The number of nitrogens with zero attached hydrogens (tertiary/aromatic N) is 3. The zero-order valence-electron chi connectivity index (χ0n) is 18.2. The van der Waals surface area contributed by atoms with Crippen molar-refractivity contribution >= 4 is 44.4 Å². The summed E-state index contributed by atoms with van der Waals surface area (Å²) in [4.78, 5) is 25.2. The van der Waals surface area contributed by atoms with Gasteiger partial charge in [0.15, 0.2) is 5.13 Å². The van der Waals surface area contributed by atoms with Gasteiger partial charge in [-0.2, -0.15) is 0 Å². The van der Waals surface area contributed by atoms with Crippen LogP contribution in [-0.4, -0.2) is 28.7 Å². The van der Waals surface area contributed by atoms with Crippen molar-refractivity contribution in [1.29, 1.82) is 0 Å². The number of hydrogen-bond donors (Lipinski definition) is 0. The van der Waals surface area contributed by atoms with Crippen molar-refractivity contribution in [2.75, 3.05) is 17.8 Å². The first-order valence-electron chi connectivity index (χ1n) is 10.5. The van der Waals surface area contributed by atoms with Gasteiger partial charge in [-0.15, -0.1) is 11.8 Å². The van der Waals surface area contributed by atoms with Gasteiger partial charge in [-0.1, -0.05) is 35.6 Å². The van der Waals surface area contributed by atoms with E-state index in [9.17, 15) is 4.79 Å². The molecule has 0 aliphatic carbocycles. The summed E-state index contributed by atoms with van der Waals surface area (Å²) in [5.74, 6) is 1.70. The molecule has 0 bridgehead atoms. The van der Waals surface area contributed by atoms with Crippen molar-refractivity contribution in [1.82, 2.24) is 9.97 Å². The van der Waals surface area contributed by atoms with Crippen LogP contribution in [0.4, 0.5) is 5.13 Å². The number of aryl methyl sites for hydroxylation is 1. The van der Waals surface area contributed by atoms with Crippen LogP contribution in [0.5, 0.6) is 5.75 Å². The number of aromatic nitrogens is 2. The van der Waals surface area contributed by atoms with Crippen molar-refractivity contribution in [3.63, 3.8) is 0 Å². The fourth-order valence-corrected chi connectivity index (χ4v) is 5.32. The zero-order valence-corrected chi connectivity index (χ0v) is 19.8. The lowest BCUT2D eigenvalue weighted by molar-refractivity contribution is -0.118. The first-order valence-corrected chi connectivity index (χ1v) is 12.3. The standard InChI is InChI=1S/C25H25N3O2S2/c1-18-10-11-21(30-2)23-24(18)32-25(27-23)28(17-19-12-14-26-15-13-19)22(29)9-6-16-31-20-7-4-3-5-8-20/h3-5,7-8,10-15H,6,9,16-17H2,1-2H3. The highest BCUT2D eigenvalue weighted by molar-refractivity contribution is 7.99. The number of hydrogen-bond acceptors (Lipinski definition) is 6. The highest BCUT2D eigenvalue weighted by atomic mass is 32.2. The number of carbonyl (C=O) groups excluding carboxylic acids is 1. The Balaban J connectivity index is 1.54. The highest BCUT2D eigenvalue weighted by Crippen LogP contribution is 2.37. The molecule has 1 amide bonds. The summed E-state index contributed by atoms with van der Waals surface area (Å²) >= 11 is 3.31. The van der Waals surface area contributed by atoms with Crippen LogP contribution in [0.15, 0.2) is 71.9 Å². The summed E-state index contributed by atoms with van der Waals surface area (Å²) in [7, 11) is 1.65. The number of thiazole rings is 1. The van der Waals surface area contributed by atoms with E-state index in [0.717, 1.165) is 39.3 Å². The van der Waals surface area contributed by atoms with E-state index in [1.54, 1.807) is 36.2 Å². The summed E-state index contributed by atoms with van der Waals surface area (Å²) in [6.07, 6.45) is 4.77. The number of amides is 1. The molecule has 2 heterocycles. The quantitative estimate of drug-likeness (QED) is 0.221. The minimum absolute atomic E-state index is 0.0751. The number of carbonyl (C=O) groups is 1. The van der Waals surface area contributed by atoms with E-state index in [1.807, 2.05) is 42.5 Å². The van der Waals surface area contributed by atoms with Gasteiger partial charge in [-0.05, 0) is 60.6 Å². The molecule has 0 aliphatic rings. The minimum atomic E-state index is 0.0751. The van der Waals surface area contributed by atoms with Gasteiger partial charge in [-0.3, -0.25) is 14.7 Å². The number of methoxy groups -OCH3 is 1. The molecule has 4 rings (SSSR count). The second-order valence-corrected chi connectivity index (χ2v) is 9.51. The van der Waals surface area contributed by atoms with Crippen LogP contribution in [0, 0.1) is 6.92 Å². The van der Waals surface area contributed by atoms with Gasteiger partial charge in [-0.25, -0.2) is 4.98 Å². The van der Waals surface area contributed by atoms with Gasteiger partial charge in [0, 0.05) is 23.7 Å². The van der Waals surface area contributed by atoms with Crippen LogP contribution < -0.4 is 9.64 Å². The number of benzene rings is 2. The second-order valence-electron chi connectivity index (χ2n) is 7.36. The maximum absolute atomic E-state index is 13.3. The van der Waals surface area contributed by atoms with Crippen molar-refractivity contribution in [2.24, 2.45) is 0 Å². The Kier molecular flexibility index (Phi) is 7.39. The molecule has 2 aromatic heterocycles. The maximum atomic E-state index is 13.3. The number of ether oxygens (including phenoxy) is 1. The van der Waals surface area contributed by atoms with Crippen molar-refractivity contribution in [3.05, 3.63) is 78.1 Å². The van der Waals surface area contributed by atoms with E-state index < -0.39 is 0 Å². The normalized spacial score (nSPS) is 10.9. The van der Waals surface area contributed by atoms with E-state index in [0.29, 0.717) is 18.1 Å². The number of pyridine rings is 1. The van der Waals surface area contributed by atoms with Gasteiger partial charge in [0.05, 0.1) is 18.4 Å². The Morgan fingerprint density at radius 2 is 1.88 bits per heavy atom. The van der Waals surface area contributed by atoms with Crippen LogP contribution in [0.25, 0.3) is 10.2 Å². The summed E-state index contributed by atoms with van der Waals surface area (Å²) in [6, 6.07) is 18.1. The monoisotopic (exact) mass is 463 g/mol. The fourth-order valence-electron chi connectivity index (χ4n) is 3.38. The van der Waals surface area contributed by atoms with Crippen LogP contribution >= 0.6 is 23.1 Å². The average molecular weight is 464 g/mol. The molecule has 2 aromatic carbocycles. The third-order valence-electron chi connectivity index (χ3n) is 5.08. The smallest absolute Gasteiger partial charge is 0.229 e. The zero-order chi connectivity index (χ0) is 22.3. The Morgan fingerprint density at radius 1 is 1.09 bits per heavy atom. The number of anilines is 1. The number of fused-ring (bicyclic) bond motifs is 1. The minimum Gasteiger partial charge on any atom is -0.494 e. The molecule has 0 spiro atoms. The predicted octanol–water partition coefficient (Wildman–Crippen LogP) is 6.11.